The Morgan fingerprint density at radius 2 is 1.58 bits per heavy atom. The third-order valence-corrected chi connectivity index (χ3v) is 3.49. The van der Waals surface area contributed by atoms with Gasteiger partial charge in [0.15, 0.2) is 6.29 Å². The van der Waals surface area contributed by atoms with Crippen LogP contribution in [0.5, 0.6) is 0 Å². The van der Waals surface area contributed by atoms with E-state index in [2.05, 4.69) is 20.8 Å². The molecule has 0 bridgehead atoms. The van der Waals surface area contributed by atoms with Crippen molar-refractivity contribution in [3.63, 3.8) is 0 Å². The first-order valence-electron chi connectivity index (χ1n) is 9.32. The number of aliphatic hydroxyl groups is 1. The standard InChI is InChI=1S/C9H18O2.C6H12O2.C4H10O/c1-4-5-9-10-7(2)6-8(3)11-9;1-4-5(2)8-6(3)7;1-3-4(2)5/h7-9H,4-6H2,1-3H3;5H,4H2,1-3H3;4-5H,3H2,1-2H3. The van der Waals surface area contributed by atoms with Crippen LogP contribution in [-0.4, -0.2) is 41.8 Å². The molecular weight excluding hydrogens is 308 g/mol. The van der Waals surface area contributed by atoms with E-state index in [9.17, 15) is 4.79 Å². The second-order valence-electron chi connectivity index (χ2n) is 6.43. The number of ether oxygens (including phenoxy) is 3. The summed E-state index contributed by atoms with van der Waals surface area (Å²) in [5.41, 5.74) is 0. The summed E-state index contributed by atoms with van der Waals surface area (Å²) in [7, 11) is 0. The van der Waals surface area contributed by atoms with Crippen LogP contribution in [0.25, 0.3) is 0 Å². The highest BCUT2D eigenvalue weighted by Gasteiger charge is 2.23. The van der Waals surface area contributed by atoms with Crippen molar-refractivity contribution in [1.82, 2.24) is 0 Å². The molecule has 24 heavy (non-hydrogen) atoms. The molecule has 5 heteroatoms. The number of aliphatic hydroxyl groups excluding tert-OH is 1. The summed E-state index contributed by atoms with van der Waals surface area (Å²) in [6.45, 7) is 15.4. The Bertz CT molecular complexity index is 283. The fraction of sp³-hybridized carbons (Fsp3) is 0.947. The summed E-state index contributed by atoms with van der Waals surface area (Å²) in [5, 5.41) is 8.36. The van der Waals surface area contributed by atoms with Gasteiger partial charge in [-0.05, 0) is 53.4 Å². The molecule has 0 aromatic carbocycles. The van der Waals surface area contributed by atoms with Crippen molar-refractivity contribution < 1.29 is 24.1 Å². The van der Waals surface area contributed by atoms with Crippen molar-refractivity contribution in [2.75, 3.05) is 0 Å². The smallest absolute Gasteiger partial charge is 0.302 e. The number of hydrogen-bond donors (Lipinski definition) is 1. The Morgan fingerprint density at radius 1 is 1.12 bits per heavy atom. The highest BCUT2D eigenvalue weighted by molar-refractivity contribution is 5.66. The van der Waals surface area contributed by atoms with Crippen molar-refractivity contribution in [3.05, 3.63) is 0 Å². The zero-order chi connectivity index (χ0) is 19.1. The largest absolute Gasteiger partial charge is 0.463 e. The minimum absolute atomic E-state index is 0.0544. The molecule has 1 aliphatic rings. The topological polar surface area (TPSA) is 65.0 Å². The molecule has 0 saturated carbocycles. The van der Waals surface area contributed by atoms with Gasteiger partial charge in [-0.15, -0.1) is 0 Å². The molecule has 4 unspecified atom stereocenters. The van der Waals surface area contributed by atoms with E-state index in [0.29, 0.717) is 12.2 Å². The quantitative estimate of drug-likeness (QED) is 0.744. The molecular formula is C19H40O5. The van der Waals surface area contributed by atoms with E-state index in [0.717, 1.165) is 32.1 Å². The van der Waals surface area contributed by atoms with Gasteiger partial charge in [0.05, 0.1) is 24.4 Å². The van der Waals surface area contributed by atoms with Crippen LogP contribution in [0.1, 0.15) is 87.5 Å². The fourth-order valence-electron chi connectivity index (χ4n) is 1.87. The van der Waals surface area contributed by atoms with Crippen LogP contribution in [-0.2, 0) is 19.0 Å². The Labute approximate surface area is 149 Å². The first-order chi connectivity index (χ1) is 11.2. The van der Waals surface area contributed by atoms with Gasteiger partial charge in [-0.2, -0.15) is 0 Å². The molecule has 1 aliphatic heterocycles. The monoisotopic (exact) mass is 348 g/mol. The summed E-state index contributed by atoms with van der Waals surface area (Å²) >= 11 is 0. The van der Waals surface area contributed by atoms with Gasteiger partial charge in [0, 0.05) is 6.92 Å². The van der Waals surface area contributed by atoms with Crippen LogP contribution in [0.3, 0.4) is 0 Å². The number of hydrogen-bond acceptors (Lipinski definition) is 5. The van der Waals surface area contributed by atoms with Gasteiger partial charge >= 0.3 is 5.97 Å². The molecule has 146 valence electrons. The summed E-state index contributed by atoms with van der Waals surface area (Å²) in [4.78, 5) is 10.2. The Kier molecular flexibility index (Phi) is 16.9. The third-order valence-electron chi connectivity index (χ3n) is 3.49. The molecule has 0 amide bonds. The van der Waals surface area contributed by atoms with E-state index in [1.165, 1.54) is 6.92 Å². The van der Waals surface area contributed by atoms with Gasteiger partial charge in [-0.25, -0.2) is 0 Å². The van der Waals surface area contributed by atoms with E-state index < -0.39 is 0 Å². The van der Waals surface area contributed by atoms with Gasteiger partial charge in [0.25, 0.3) is 0 Å². The van der Waals surface area contributed by atoms with Crippen LogP contribution in [0.2, 0.25) is 0 Å². The molecule has 0 aromatic rings. The van der Waals surface area contributed by atoms with Gasteiger partial charge in [0.1, 0.15) is 0 Å². The predicted molar refractivity (Wildman–Crippen MR) is 97.9 cm³/mol. The summed E-state index contributed by atoms with van der Waals surface area (Å²) in [6.07, 6.45) is 5.69. The van der Waals surface area contributed by atoms with Crippen molar-refractivity contribution in [1.29, 1.82) is 0 Å². The lowest BCUT2D eigenvalue weighted by Gasteiger charge is -2.32. The predicted octanol–water partition coefficient (Wildman–Crippen LogP) is 4.45. The molecule has 1 fully saturated rings. The van der Waals surface area contributed by atoms with Crippen LogP contribution < -0.4 is 0 Å². The lowest BCUT2D eigenvalue weighted by atomic mass is 10.1. The van der Waals surface area contributed by atoms with Gasteiger partial charge in [0.2, 0.25) is 0 Å². The van der Waals surface area contributed by atoms with Crippen molar-refractivity contribution in [2.24, 2.45) is 0 Å². The third kappa shape index (κ3) is 17.7. The van der Waals surface area contributed by atoms with Crippen molar-refractivity contribution in [2.45, 2.75) is 118 Å². The van der Waals surface area contributed by atoms with E-state index in [4.69, 9.17) is 19.3 Å². The van der Waals surface area contributed by atoms with Crippen LogP contribution in [0, 0.1) is 0 Å². The normalized spacial score (nSPS) is 25.3. The minimum atomic E-state index is -0.195. The maximum Gasteiger partial charge on any atom is 0.302 e. The molecule has 0 radical (unpaired) electrons. The molecule has 1 saturated heterocycles. The van der Waals surface area contributed by atoms with Crippen LogP contribution >= 0.6 is 0 Å². The number of carbonyl (C=O) groups excluding carboxylic acids is 1. The fourth-order valence-corrected chi connectivity index (χ4v) is 1.87. The molecule has 4 atom stereocenters. The highest BCUT2D eigenvalue weighted by Crippen LogP contribution is 2.20. The molecule has 0 aromatic heterocycles. The summed E-state index contributed by atoms with van der Waals surface area (Å²) in [5.74, 6) is -0.195. The highest BCUT2D eigenvalue weighted by atomic mass is 16.7. The van der Waals surface area contributed by atoms with Gasteiger partial charge in [-0.1, -0.05) is 27.2 Å². The average molecular weight is 349 g/mol. The maximum absolute atomic E-state index is 10.2. The summed E-state index contributed by atoms with van der Waals surface area (Å²) < 4.78 is 15.9. The van der Waals surface area contributed by atoms with Crippen molar-refractivity contribution in [3.8, 4) is 0 Å². The summed E-state index contributed by atoms with van der Waals surface area (Å²) in [6, 6.07) is 0. The van der Waals surface area contributed by atoms with Crippen molar-refractivity contribution >= 4 is 5.97 Å². The first-order valence-corrected chi connectivity index (χ1v) is 9.32. The number of carbonyl (C=O) groups is 1. The Balaban J connectivity index is 0. The van der Waals surface area contributed by atoms with Gasteiger partial charge in [-0.3, -0.25) is 4.79 Å². The maximum atomic E-state index is 10.2. The molecule has 1 N–H and O–H groups in total. The van der Waals surface area contributed by atoms with E-state index in [-0.39, 0.29) is 24.5 Å². The van der Waals surface area contributed by atoms with E-state index in [1.54, 1.807) is 6.92 Å². The van der Waals surface area contributed by atoms with E-state index >= 15 is 0 Å². The minimum Gasteiger partial charge on any atom is -0.463 e. The molecule has 5 nitrogen and oxygen atoms in total. The van der Waals surface area contributed by atoms with E-state index in [1.807, 2.05) is 20.8 Å². The molecule has 0 spiro atoms. The SMILES string of the molecule is CCC(C)O.CCC(C)OC(C)=O.CCCC1OC(C)CC(C)O1. The average Bonchev–Trinajstić information content (AvgIpc) is 2.47. The van der Waals surface area contributed by atoms with Crippen LogP contribution in [0.15, 0.2) is 0 Å². The Morgan fingerprint density at radius 3 is 1.83 bits per heavy atom. The molecule has 0 aliphatic carbocycles. The van der Waals surface area contributed by atoms with Gasteiger partial charge < -0.3 is 19.3 Å². The second-order valence-corrected chi connectivity index (χ2v) is 6.43. The number of esters is 1. The lowest BCUT2D eigenvalue weighted by molar-refractivity contribution is -0.236. The number of rotatable bonds is 5. The second kappa shape index (κ2) is 15.9. The Hall–Kier alpha value is -0.650. The zero-order valence-corrected chi connectivity index (χ0v) is 17.0. The molecule has 1 heterocycles. The lowest BCUT2D eigenvalue weighted by Crippen LogP contribution is -2.35. The zero-order valence-electron chi connectivity index (χ0n) is 17.0. The molecule has 1 rings (SSSR count). The first kappa shape index (κ1) is 25.6. The van der Waals surface area contributed by atoms with Crippen LogP contribution in [0.4, 0.5) is 0 Å².